The lowest BCUT2D eigenvalue weighted by Crippen LogP contribution is -2.36. The zero-order chi connectivity index (χ0) is 18.7. The van der Waals surface area contributed by atoms with Crippen molar-refractivity contribution >= 4 is 11.6 Å². The van der Waals surface area contributed by atoms with E-state index < -0.39 is 5.79 Å². The largest absolute Gasteiger partial charge is 0.390 e. The first-order valence-corrected chi connectivity index (χ1v) is 9.72. The molecule has 1 heterocycles. The molecule has 3 nitrogen and oxygen atoms in total. The predicted octanol–water partition coefficient (Wildman–Crippen LogP) is 4.98. The van der Waals surface area contributed by atoms with Gasteiger partial charge in [0.2, 0.25) is 5.79 Å². The monoisotopic (exact) mass is 374 g/mol. The van der Waals surface area contributed by atoms with Gasteiger partial charge in [0.05, 0.1) is 12.7 Å². The lowest BCUT2D eigenvalue weighted by atomic mass is 9.93. The molecule has 26 heavy (non-hydrogen) atoms. The molecule has 0 fully saturated rings. The first kappa shape index (κ1) is 19.4. The van der Waals surface area contributed by atoms with Crippen LogP contribution >= 0.6 is 11.6 Å². The molecule has 1 aliphatic rings. The second-order valence-electron chi connectivity index (χ2n) is 6.94. The van der Waals surface area contributed by atoms with Crippen molar-refractivity contribution in [1.82, 2.24) is 0 Å². The highest BCUT2D eigenvalue weighted by Gasteiger charge is 2.43. The van der Waals surface area contributed by atoms with Crippen molar-refractivity contribution in [2.75, 3.05) is 6.61 Å². The van der Waals surface area contributed by atoms with Gasteiger partial charge in [-0.3, -0.25) is 0 Å². The minimum absolute atomic E-state index is 0.00573. The van der Waals surface area contributed by atoms with Crippen molar-refractivity contribution in [2.24, 2.45) is 0 Å². The maximum Gasteiger partial charge on any atom is 0.219 e. The summed E-state index contributed by atoms with van der Waals surface area (Å²) >= 11 is 6.53. The summed E-state index contributed by atoms with van der Waals surface area (Å²) in [4.78, 5) is 0. The third-order valence-electron chi connectivity index (χ3n) is 5.22. The molecule has 1 aliphatic heterocycles. The fourth-order valence-electron chi connectivity index (χ4n) is 3.41. The van der Waals surface area contributed by atoms with Gasteiger partial charge in [0.15, 0.2) is 0 Å². The van der Waals surface area contributed by atoms with Crippen LogP contribution in [0.5, 0.6) is 0 Å². The third kappa shape index (κ3) is 3.67. The molecule has 1 N–H and O–H groups in total. The van der Waals surface area contributed by atoms with Gasteiger partial charge >= 0.3 is 0 Å². The number of hydrogen-bond acceptors (Lipinski definition) is 3. The number of rotatable bonds is 7. The number of aliphatic hydroxyl groups is 1. The van der Waals surface area contributed by atoms with Crippen LogP contribution in [0.25, 0.3) is 0 Å². The molecule has 2 unspecified atom stereocenters. The minimum Gasteiger partial charge on any atom is -0.390 e. The van der Waals surface area contributed by atoms with E-state index in [1.807, 2.05) is 19.1 Å². The Bertz CT molecular complexity index is 757. The molecule has 0 amide bonds. The molecule has 2 aromatic carbocycles. The van der Waals surface area contributed by atoms with Crippen molar-refractivity contribution in [3.8, 4) is 0 Å². The second-order valence-corrected chi connectivity index (χ2v) is 7.34. The zero-order valence-electron chi connectivity index (χ0n) is 15.7. The summed E-state index contributed by atoms with van der Waals surface area (Å²) in [6, 6.07) is 12.4. The fourth-order valence-corrected chi connectivity index (χ4v) is 3.66. The lowest BCUT2D eigenvalue weighted by Gasteiger charge is -2.30. The van der Waals surface area contributed by atoms with Crippen LogP contribution in [0.3, 0.4) is 0 Å². The Hall–Kier alpha value is -1.39. The van der Waals surface area contributed by atoms with E-state index in [0.717, 1.165) is 41.0 Å². The first-order chi connectivity index (χ1) is 12.5. The summed E-state index contributed by atoms with van der Waals surface area (Å²) in [6.45, 7) is 6.38. The number of aryl methyl sites for hydroxylation is 1. The van der Waals surface area contributed by atoms with Gasteiger partial charge in [0, 0.05) is 10.6 Å². The van der Waals surface area contributed by atoms with E-state index in [2.05, 4.69) is 38.1 Å². The second kappa shape index (κ2) is 8.10. The van der Waals surface area contributed by atoms with Crippen LogP contribution in [0, 0.1) is 0 Å². The summed E-state index contributed by atoms with van der Waals surface area (Å²) in [5.41, 5.74) is 5.51. The Kier molecular flexibility index (Phi) is 6.03. The number of ether oxygens (including phenoxy) is 2. The molecule has 0 spiro atoms. The van der Waals surface area contributed by atoms with Gasteiger partial charge < -0.3 is 14.6 Å². The van der Waals surface area contributed by atoms with Gasteiger partial charge in [0.25, 0.3) is 0 Å². The smallest absolute Gasteiger partial charge is 0.219 e. The van der Waals surface area contributed by atoms with Crippen molar-refractivity contribution in [3.05, 3.63) is 69.2 Å². The molecule has 0 radical (unpaired) electrons. The van der Waals surface area contributed by atoms with Crippen molar-refractivity contribution < 1.29 is 14.6 Å². The summed E-state index contributed by atoms with van der Waals surface area (Å²) in [5, 5.41) is 10.8. The molecule has 0 saturated carbocycles. The number of hydrogen-bond donors (Lipinski definition) is 1. The Morgan fingerprint density at radius 2 is 1.85 bits per heavy atom. The van der Waals surface area contributed by atoms with Crippen LogP contribution in [-0.2, 0) is 34.7 Å². The predicted molar refractivity (Wildman–Crippen MR) is 104 cm³/mol. The van der Waals surface area contributed by atoms with Gasteiger partial charge in [-0.1, -0.05) is 55.8 Å². The Morgan fingerprint density at radius 3 is 2.46 bits per heavy atom. The molecule has 0 bridgehead atoms. The highest BCUT2D eigenvalue weighted by molar-refractivity contribution is 6.31. The normalized spacial score (nSPS) is 20.2. The molecule has 2 atom stereocenters. The molecule has 0 aliphatic carbocycles. The van der Waals surface area contributed by atoms with Crippen LogP contribution < -0.4 is 0 Å². The lowest BCUT2D eigenvalue weighted by molar-refractivity contribution is -0.275. The van der Waals surface area contributed by atoms with Gasteiger partial charge in [-0.05, 0) is 54.5 Å². The summed E-state index contributed by atoms with van der Waals surface area (Å²) in [5.74, 6) is -1.09. The third-order valence-corrected chi connectivity index (χ3v) is 5.57. The van der Waals surface area contributed by atoms with Crippen LogP contribution in [-0.4, -0.2) is 17.8 Å². The van der Waals surface area contributed by atoms with E-state index in [9.17, 15) is 5.11 Å². The van der Waals surface area contributed by atoms with Crippen LogP contribution in [0.4, 0.5) is 0 Å². The van der Waals surface area contributed by atoms with E-state index in [4.69, 9.17) is 21.1 Å². The van der Waals surface area contributed by atoms with Crippen molar-refractivity contribution in [2.45, 2.75) is 58.5 Å². The number of fused-ring (bicyclic) bond motifs is 1. The summed E-state index contributed by atoms with van der Waals surface area (Å²) in [7, 11) is 0. The average Bonchev–Trinajstić information content (AvgIpc) is 3.03. The fraction of sp³-hybridized carbons (Fsp3) is 0.455. The van der Waals surface area contributed by atoms with Crippen LogP contribution in [0.15, 0.2) is 36.4 Å². The molecular weight excluding hydrogens is 348 g/mol. The van der Waals surface area contributed by atoms with Crippen molar-refractivity contribution in [3.63, 3.8) is 0 Å². The van der Waals surface area contributed by atoms with Gasteiger partial charge in [-0.25, -0.2) is 0 Å². The van der Waals surface area contributed by atoms with Gasteiger partial charge in [0.1, 0.15) is 6.61 Å². The van der Waals surface area contributed by atoms with Crippen LogP contribution in [0.1, 0.15) is 55.0 Å². The van der Waals surface area contributed by atoms with E-state index in [1.54, 1.807) is 0 Å². The average molecular weight is 375 g/mol. The molecule has 140 valence electrons. The maximum atomic E-state index is 10.0. The highest BCUT2D eigenvalue weighted by Crippen LogP contribution is 2.42. The highest BCUT2D eigenvalue weighted by atomic mass is 35.5. The summed E-state index contributed by atoms with van der Waals surface area (Å²) < 4.78 is 12.1. The Morgan fingerprint density at radius 1 is 1.15 bits per heavy atom. The number of aliphatic hydroxyl groups excluding tert-OH is 1. The van der Waals surface area contributed by atoms with E-state index in [-0.39, 0.29) is 12.7 Å². The minimum atomic E-state index is -1.09. The maximum absolute atomic E-state index is 10.0. The van der Waals surface area contributed by atoms with E-state index in [1.165, 1.54) is 11.1 Å². The Balaban J connectivity index is 1.95. The molecule has 4 heteroatoms. The van der Waals surface area contributed by atoms with Crippen molar-refractivity contribution in [1.29, 1.82) is 0 Å². The molecule has 0 saturated heterocycles. The van der Waals surface area contributed by atoms with Crippen LogP contribution in [0.2, 0.25) is 5.02 Å². The molecule has 3 rings (SSSR count). The topological polar surface area (TPSA) is 38.7 Å². The van der Waals surface area contributed by atoms with E-state index in [0.29, 0.717) is 6.61 Å². The molecule has 2 aromatic rings. The zero-order valence-corrected chi connectivity index (χ0v) is 16.5. The quantitative estimate of drug-likeness (QED) is 0.742. The number of halogens is 1. The number of benzene rings is 2. The SMILES string of the molecule is CCc1ccc(Cc2c(Cl)ccc3c2COC3(CO)OC(C)CC)cc1. The van der Waals surface area contributed by atoms with Gasteiger partial charge in [-0.15, -0.1) is 0 Å². The Labute approximate surface area is 160 Å². The van der Waals surface area contributed by atoms with Gasteiger partial charge in [-0.2, -0.15) is 0 Å². The standard InChI is InChI=1S/C22H27ClO3/c1-4-15(3)26-22(14-24)20-10-11-21(23)18(19(20)13-25-22)12-17-8-6-16(5-2)7-9-17/h6-11,15,24H,4-5,12-14H2,1-3H3. The summed E-state index contributed by atoms with van der Waals surface area (Å²) in [6.07, 6.45) is 2.61. The van der Waals surface area contributed by atoms with E-state index >= 15 is 0 Å². The molecule has 0 aromatic heterocycles. The molecular formula is C22H27ClO3. The first-order valence-electron chi connectivity index (χ1n) is 9.34.